The van der Waals surface area contributed by atoms with Crippen molar-refractivity contribution in [2.45, 2.75) is 37.8 Å². The van der Waals surface area contributed by atoms with Gasteiger partial charge in [0, 0.05) is 43.0 Å². The van der Waals surface area contributed by atoms with Crippen molar-refractivity contribution >= 4 is 17.6 Å². The van der Waals surface area contributed by atoms with Crippen LogP contribution >= 0.6 is 0 Å². The monoisotopic (exact) mass is 342 g/mol. The Morgan fingerprint density at radius 2 is 1.92 bits per heavy atom. The summed E-state index contributed by atoms with van der Waals surface area (Å²) in [5, 5.41) is 2.81. The van der Waals surface area contributed by atoms with Crippen molar-refractivity contribution < 1.29 is 9.59 Å². The fourth-order valence-electron chi connectivity index (χ4n) is 4.56. The lowest BCUT2D eigenvalue weighted by Crippen LogP contribution is -2.47. The third-order valence-electron chi connectivity index (χ3n) is 5.84. The van der Waals surface area contributed by atoms with Crippen molar-refractivity contribution in [3.05, 3.63) is 29.8 Å². The molecule has 3 saturated heterocycles. The van der Waals surface area contributed by atoms with Gasteiger partial charge in [0.2, 0.25) is 0 Å². The van der Waals surface area contributed by atoms with E-state index >= 15 is 0 Å². The summed E-state index contributed by atoms with van der Waals surface area (Å²) >= 11 is 0. The highest BCUT2D eigenvalue weighted by molar-refractivity contribution is 5.98. The van der Waals surface area contributed by atoms with Crippen LogP contribution in [0.15, 0.2) is 24.3 Å². The van der Waals surface area contributed by atoms with Crippen molar-refractivity contribution in [2.75, 3.05) is 38.1 Å². The molecule has 6 nitrogen and oxygen atoms in total. The van der Waals surface area contributed by atoms with E-state index in [4.69, 9.17) is 0 Å². The molecule has 25 heavy (non-hydrogen) atoms. The van der Waals surface area contributed by atoms with Gasteiger partial charge in [0.25, 0.3) is 5.91 Å². The van der Waals surface area contributed by atoms with Crippen molar-refractivity contribution in [3.63, 3.8) is 0 Å². The van der Waals surface area contributed by atoms with Crippen molar-refractivity contribution in [3.8, 4) is 0 Å². The Hall–Kier alpha value is -2.08. The van der Waals surface area contributed by atoms with Crippen LogP contribution < -0.4 is 10.2 Å². The average molecular weight is 342 g/mol. The SMILES string of the molecule is CN1CCC[C@@H]1[C@@H]1CCCN1C(=O)c1cccc(N2CCNC2=O)c1. The molecule has 4 rings (SSSR count). The molecule has 0 aliphatic carbocycles. The molecule has 1 aromatic carbocycles. The van der Waals surface area contributed by atoms with E-state index in [2.05, 4.69) is 22.2 Å². The number of carbonyl (C=O) groups excluding carboxylic acids is 2. The fourth-order valence-corrected chi connectivity index (χ4v) is 4.56. The minimum atomic E-state index is -0.0868. The molecule has 0 saturated carbocycles. The lowest BCUT2D eigenvalue weighted by Gasteiger charge is -2.33. The van der Waals surface area contributed by atoms with E-state index in [9.17, 15) is 9.59 Å². The van der Waals surface area contributed by atoms with E-state index in [-0.39, 0.29) is 11.9 Å². The van der Waals surface area contributed by atoms with Crippen molar-refractivity contribution in [2.24, 2.45) is 0 Å². The lowest BCUT2D eigenvalue weighted by molar-refractivity contribution is 0.0664. The van der Waals surface area contributed by atoms with Crippen LogP contribution in [0.1, 0.15) is 36.0 Å². The van der Waals surface area contributed by atoms with Crippen LogP contribution in [-0.4, -0.2) is 67.0 Å². The number of hydrogen-bond donors (Lipinski definition) is 1. The molecule has 0 unspecified atom stereocenters. The number of anilines is 1. The van der Waals surface area contributed by atoms with E-state index in [0.29, 0.717) is 30.7 Å². The molecule has 0 radical (unpaired) electrons. The molecule has 0 bridgehead atoms. The maximum atomic E-state index is 13.2. The number of hydrogen-bond acceptors (Lipinski definition) is 3. The van der Waals surface area contributed by atoms with Gasteiger partial charge in [-0.2, -0.15) is 0 Å². The maximum absolute atomic E-state index is 13.2. The third-order valence-corrected chi connectivity index (χ3v) is 5.84. The van der Waals surface area contributed by atoms with Crippen molar-refractivity contribution in [1.82, 2.24) is 15.1 Å². The molecule has 6 heteroatoms. The zero-order chi connectivity index (χ0) is 17.4. The number of urea groups is 1. The van der Waals surface area contributed by atoms with E-state index in [1.807, 2.05) is 24.3 Å². The molecule has 3 fully saturated rings. The maximum Gasteiger partial charge on any atom is 0.321 e. The minimum Gasteiger partial charge on any atom is -0.336 e. The lowest BCUT2D eigenvalue weighted by atomic mass is 10.0. The van der Waals surface area contributed by atoms with E-state index < -0.39 is 0 Å². The Labute approximate surface area is 148 Å². The quantitative estimate of drug-likeness (QED) is 0.913. The smallest absolute Gasteiger partial charge is 0.321 e. The van der Waals surface area contributed by atoms with Crippen LogP contribution in [0.4, 0.5) is 10.5 Å². The topological polar surface area (TPSA) is 55.9 Å². The Morgan fingerprint density at radius 3 is 2.64 bits per heavy atom. The van der Waals surface area contributed by atoms with Crippen LogP contribution in [-0.2, 0) is 0 Å². The predicted molar refractivity (Wildman–Crippen MR) is 96.9 cm³/mol. The molecule has 134 valence electrons. The first-order chi connectivity index (χ1) is 12.1. The summed E-state index contributed by atoms with van der Waals surface area (Å²) in [4.78, 5) is 31.2. The molecular formula is C19H26N4O2. The predicted octanol–water partition coefficient (Wildman–Crippen LogP) is 1.91. The second kappa shape index (κ2) is 6.67. The minimum absolute atomic E-state index is 0.0868. The van der Waals surface area contributed by atoms with Crippen molar-refractivity contribution in [1.29, 1.82) is 0 Å². The van der Waals surface area contributed by atoms with E-state index in [1.165, 1.54) is 12.8 Å². The van der Waals surface area contributed by atoms with Gasteiger partial charge in [0.15, 0.2) is 0 Å². The zero-order valence-corrected chi connectivity index (χ0v) is 14.8. The van der Waals surface area contributed by atoms with Gasteiger partial charge in [-0.15, -0.1) is 0 Å². The van der Waals surface area contributed by atoms with E-state index in [0.717, 1.165) is 31.6 Å². The summed E-state index contributed by atoms with van der Waals surface area (Å²) in [6, 6.07) is 8.22. The molecular weight excluding hydrogens is 316 g/mol. The van der Waals surface area contributed by atoms with Crippen LogP contribution in [0.5, 0.6) is 0 Å². The first-order valence-electron chi connectivity index (χ1n) is 9.32. The normalized spacial score (nSPS) is 27.2. The van der Waals surface area contributed by atoms with Crippen LogP contribution in [0.2, 0.25) is 0 Å². The highest BCUT2D eigenvalue weighted by Gasteiger charge is 2.38. The Morgan fingerprint density at radius 1 is 1.12 bits per heavy atom. The third kappa shape index (κ3) is 2.99. The summed E-state index contributed by atoms with van der Waals surface area (Å²) < 4.78 is 0. The molecule has 2 atom stereocenters. The number of benzene rings is 1. The van der Waals surface area contributed by atoms with Gasteiger partial charge in [-0.3, -0.25) is 9.69 Å². The van der Waals surface area contributed by atoms with Gasteiger partial charge in [0.1, 0.15) is 0 Å². The standard InChI is InChI=1S/C19H26N4O2/c1-21-10-3-7-16(21)17-8-4-11-23(17)18(24)14-5-2-6-15(13-14)22-12-9-20-19(22)25/h2,5-6,13,16-17H,3-4,7-12H2,1H3,(H,20,25)/t16-,17+/m1/s1. The Bertz CT molecular complexity index is 677. The van der Waals surface area contributed by atoms with Gasteiger partial charge in [0.05, 0.1) is 0 Å². The number of rotatable bonds is 3. The average Bonchev–Trinajstić information content (AvgIpc) is 3.34. The van der Waals surface area contributed by atoms with E-state index in [1.54, 1.807) is 4.90 Å². The summed E-state index contributed by atoms with van der Waals surface area (Å²) in [7, 11) is 2.17. The number of nitrogens with one attached hydrogen (secondary N) is 1. The second-order valence-corrected chi connectivity index (χ2v) is 7.33. The number of likely N-dealkylation sites (N-methyl/N-ethyl adjacent to an activating group) is 1. The molecule has 3 amide bonds. The number of nitrogens with zero attached hydrogens (tertiary/aromatic N) is 3. The van der Waals surface area contributed by atoms with Gasteiger partial charge < -0.3 is 15.1 Å². The molecule has 1 N–H and O–H groups in total. The number of amides is 3. The number of carbonyl (C=O) groups is 2. The molecule has 0 aromatic heterocycles. The van der Waals surface area contributed by atoms with Gasteiger partial charge in [-0.05, 0) is 57.5 Å². The second-order valence-electron chi connectivity index (χ2n) is 7.33. The summed E-state index contributed by atoms with van der Waals surface area (Å²) in [6.07, 6.45) is 4.57. The number of likely N-dealkylation sites (tertiary alicyclic amines) is 2. The molecule has 3 heterocycles. The molecule has 0 spiro atoms. The van der Waals surface area contributed by atoms with Crippen LogP contribution in [0.3, 0.4) is 0 Å². The molecule has 1 aromatic rings. The Kier molecular flexibility index (Phi) is 4.37. The largest absolute Gasteiger partial charge is 0.336 e. The summed E-state index contributed by atoms with van der Waals surface area (Å²) in [5.74, 6) is 0.101. The van der Waals surface area contributed by atoms with Crippen LogP contribution in [0.25, 0.3) is 0 Å². The Balaban J connectivity index is 1.55. The van der Waals surface area contributed by atoms with Crippen LogP contribution in [0, 0.1) is 0 Å². The zero-order valence-electron chi connectivity index (χ0n) is 14.8. The first kappa shape index (κ1) is 16.4. The summed E-state index contributed by atoms with van der Waals surface area (Å²) in [5.41, 5.74) is 1.49. The summed E-state index contributed by atoms with van der Waals surface area (Å²) in [6.45, 7) is 3.26. The van der Waals surface area contributed by atoms with Gasteiger partial charge >= 0.3 is 6.03 Å². The van der Waals surface area contributed by atoms with Gasteiger partial charge in [-0.25, -0.2) is 4.79 Å². The highest BCUT2D eigenvalue weighted by atomic mass is 16.2. The molecule has 3 aliphatic heterocycles. The van der Waals surface area contributed by atoms with Gasteiger partial charge in [-0.1, -0.05) is 6.07 Å². The highest BCUT2D eigenvalue weighted by Crippen LogP contribution is 2.30. The fraction of sp³-hybridized carbons (Fsp3) is 0.579. The first-order valence-corrected chi connectivity index (χ1v) is 9.32. The molecule has 3 aliphatic rings.